The van der Waals surface area contributed by atoms with E-state index in [0.717, 1.165) is 16.8 Å². The number of nitrogens with zero attached hydrogens (tertiary/aromatic N) is 2. The van der Waals surface area contributed by atoms with Gasteiger partial charge in [-0.15, -0.1) is 70.8 Å². The zero-order valence-electron chi connectivity index (χ0n) is 23.0. The van der Waals surface area contributed by atoms with Crippen molar-refractivity contribution in [3.05, 3.63) is 138 Å². The topological polar surface area (TPSA) is 25.8 Å². The van der Waals surface area contributed by atoms with Crippen LogP contribution < -0.4 is 5.19 Å². The quantitative estimate of drug-likeness (QED) is 0.136. The van der Waals surface area contributed by atoms with Gasteiger partial charge in [-0.2, -0.15) is 0 Å². The monoisotopic (exact) mass is 709 g/mol. The Morgan fingerprint density at radius 3 is 2.15 bits per heavy atom. The molecule has 5 rings (SSSR count). The molecule has 0 saturated carbocycles. The first-order chi connectivity index (χ1) is 18.2. The molecule has 5 heteroatoms. The van der Waals surface area contributed by atoms with E-state index in [-0.39, 0.29) is 31.8 Å². The molecule has 2 nitrogen and oxygen atoms in total. The predicted octanol–water partition coefficient (Wildman–Crippen LogP) is 8.24. The number of pyridine rings is 2. The summed E-state index contributed by atoms with van der Waals surface area (Å²) < 4.78 is 13.3. The van der Waals surface area contributed by atoms with Crippen molar-refractivity contribution in [2.75, 3.05) is 0 Å². The van der Waals surface area contributed by atoms with Gasteiger partial charge in [-0.3, -0.25) is 0 Å². The fourth-order valence-corrected chi connectivity index (χ4v) is 5.08. The number of rotatable bonds is 5. The van der Waals surface area contributed by atoms with Crippen LogP contribution in [0, 0.1) is 24.9 Å². The van der Waals surface area contributed by atoms with Crippen LogP contribution in [0.3, 0.4) is 0 Å². The van der Waals surface area contributed by atoms with Crippen LogP contribution in [0.4, 0.5) is 4.39 Å². The van der Waals surface area contributed by atoms with Gasteiger partial charge in [0.05, 0.1) is 8.07 Å². The van der Waals surface area contributed by atoms with E-state index in [1.165, 1.54) is 40.2 Å². The summed E-state index contributed by atoms with van der Waals surface area (Å²) in [6.45, 7) is 11.2. The van der Waals surface area contributed by atoms with Crippen molar-refractivity contribution in [3.8, 4) is 22.5 Å². The Bertz CT molecular complexity index is 1460. The summed E-state index contributed by atoms with van der Waals surface area (Å²) in [5, 5.41) is 1.40. The second kappa shape index (κ2) is 13.7. The first-order valence-corrected chi connectivity index (χ1v) is 16.3. The van der Waals surface area contributed by atoms with E-state index in [9.17, 15) is 4.39 Å². The number of halogens is 1. The zero-order valence-corrected chi connectivity index (χ0v) is 26.4. The molecule has 0 amide bonds. The van der Waals surface area contributed by atoms with E-state index < -0.39 is 8.07 Å². The second-order valence-electron chi connectivity index (χ2n) is 10.5. The summed E-state index contributed by atoms with van der Waals surface area (Å²) in [5.41, 5.74) is 7.15. The third-order valence-corrected chi connectivity index (χ3v) is 8.52. The Morgan fingerprint density at radius 1 is 0.769 bits per heavy atom. The van der Waals surface area contributed by atoms with Crippen LogP contribution in [-0.2, 0) is 20.1 Å². The molecule has 201 valence electrons. The minimum absolute atomic E-state index is 0. The molecule has 0 fully saturated rings. The Labute approximate surface area is 246 Å². The number of hydrogen-bond acceptors (Lipinski definition) is 2. The van der Waals surface area contributed by atoms with Gasteiger partial charge in [-0.05, 0) is 40.2 Å². The molecular formula is C34H33FIrN2Si-2. The van der Waals surface area contributed by atoms with Crippen molar-refractivity contribution in [2.24, 2.45) is 0 Å². The number of aryl methyl sites for hydroxylation is 1. The minimum atomic E-state index is -1.24. The van der Waals surface area contributed by atoms with Crippen molar-refractivity contribution >= 4 is 13.3 Å². The van der Waals surface area contributed by atoms with Crippen molar-refractivity contribution in [2.45, 2.75) is 39.4 Å². The third-order valence-electron chi connectivity index (χ3n) is 6.50. The molecule has 1 atom stereocenters. The van der Waals surface area contributed by atoms with Gasteiger partial charge in [0.15, 0.2) is 0 Å². The first kappa shape index (κ1) is 30.3. The van der Waals surface area contributed by atoms with E-state index in [2.05, 4.69) is 92.0 Å². The van der Waals surface area contributed by atoms with Crippen LogP contribution in [0.15, 0.2) is 103 Å². The summed E-state index contributed by atoms with van der Waals surface area (Å²) in [7, 11) is -1.24. The predicted molar refractivity (Wildman–Crippen MR) is 159 cm³/mol. The summed E-state index contributed by atoms with van der Waals surface area (Å²) in [6.07, 6.45) is 3.50. The van der Waals surface area contributed by atoms with Gasteiger partial charge >= 0.3 is 0 Å². The van der Waals surface area contributed by atoms with E-state index in [1.807, 2.05) is 48.7 Å². The number of aromatic nitrogens is 2. The zero-order chi connectivity index (χ0) is 27.1. The Morgan fingerprint density at radius 2 is 1.54 bits per heavy atom. The minimum Gasteiger partial charge on any atom is -0.305 e. The Hall–Kier alpha value is -3.24. The third kappa shape index (κ3) is 8.37. The van der Waals surface area contributed by atoms with E-state index in [4.69, 9.17) is 0 Å². The summed E-state index contributed by atoms with van der Waals surface area (Å²) in [4.78, 5) is 8.76. The Balaban J connectivity index is 0.000000215. The van der Waals surface area contributed by atoms with Crippen molar-refractivity contribution in [3.63, 3.8) is 0 Å². The molecule has 1 radical (unpaired) electrons. The molecule has 0 aliphatic rings. The molecule has 0 spiro atoms. The summed E-state index contributed by atoms with van der Waals surface area (Å²) in [6, 6.07) is 35.9. The number of benzene rings is 3. The van der Waals surface area contributed by atoms with Crippen LogP contribution in [0.1, 0.15) is 29.5 Å². The van der Waals surface area contributed by atoms with E-state index >= 15 is 0 Å². The first-order valence-electron chi connectivity index (χ1n) is 12.8. The van der Waals surface area contributed by atoms with Crippen LogP contribution >= 0.6 is 0 Å². The Kier molecular flexibility index (Phi) is 10.6. The van der Waals surface area contributed by atoms with Gasteiger partial charge in [0.1, 0.15) is 5.82 Å². The molecule has 0 saturated heterocycles. The molecule has 39 heavy (non-hydrogen) atoms. The van der Waals surface area contributed by atoms with Gasteiger partial charge in [0.25, 0.3) is 0 Å². The molecule has 3 aromatic carbocycles. The van der Waals surface area contributed by atoms with Crippen LogP contribution in [0.5, 0.6) is 0 Å². The van der Waals surface area contributed by atoms with Crippen molar-refractivity contribution < 1.29 is 24.5 Å². The average Bonchev–Trinajstić information content (AvgIpc) is 2.94. The SMILES string of the molecule is CC(c1ccccc1)c1cc[c-]c(-c2cc(F)ccn2)c1.Cc1c[c-]c(-c2ccc([Si](C)(C)C)cn2)cc1.[Ir]. The fraction of sp³-hybridized carbons (Fsp3) is 0.176. The second-order valence-corrected chi connectivity index (χ2v) is 15.6. The van der Waals surface area contributed by atoms with E-state index in [0.29, 0.717) is 5.69 Å². The molecule has 2 aromatic heterocycles. The average molecular weight is 709 g/mol. The summed E-state index contributed by atoms with van der Waals surface area (Å²) >= 11 is 0. The molecule has 2 heterocycles. The smallest absolute Gasteiger partial charge is 0.117 e. The van der Waals surface area contributed by atoms with Gasteiger partial charge < -0.3 is 9.97 Å². The molecule has 0 aliphatic carbocycles. The molecular weight excluding hydrogens is 676 g/mol. The maximum Gasteiger partial charge on any atom is 0.117 e. The standard InChI is InChI=1S/C19H15FN.C15H18NSi.Ir/c1-14(15-6-3-2-4-7-15)16-8-5-9-17(12-16)19-13-18(20)10-11-21-19;1-12-5-7-13(8-6-12)15-10-9-14(11-16-15)17(2,3)4;/h2-8,10-14H,1H3;5-7,9-11H,1-4H3;/q2*-1;. The van der Waals surface area contributed by atoms with Gasteiger partial charge in [0.2, 0.25) is 0 Å². The van der Waals surface area contributed by atoms with Crippen LogP contribution in [-0.4, -0.2) is 18.0 Å². The molecule has 0 bridgehead atoms. The molecule has 1 unspecified atom stereocenters. The maximum atomic E-state index is 13.3. The van der Waals surface area contributed by atoms with E-state index in [1.54, 1.807) is 0 Å². The van der Waals surface area contributed by atoms with Gasteiger partial charge in [-0.1, -0.05) is 76.0 Å². The maximum absolute atomic E-state index is 13.3. The van der Waals surface area contributed by atoms with Gasteiger partial charge in [0, 0.05) is 32.5 Å². The van der Waals surface area contributed by atoms with Crippen LogP contribution in [0.2, 0.25) is 19.6 Å². The number of hydrogen-bond donors (Lipinski definition) is 0. The normalized spacial score (nSPS) is 11.5. The van der Waals surface area contributed by atoms with Crippen LogP contribution in [0.25, 0.3) is 22.5 Å². The molecule has 5 aromatic rings. The van der Waals surface area contributed by atoms with Gasteiger partial charge in [-0.25, -0.2) is 4.39 Å². The van der Waals surface area contributed by atoms with Crippen molar-refractivity contribution in [1.29, 1.82) is 0 Å². The summed E-state index contributed by atoms with van der Waals surface area (Å²) in [5.74, 6) is -0.0111. The molecule has 0 N–H and O–H groups in total. The molecule has 0 aliphatic heterocycles. The van der Waals surface area contributed by atoms with Crippen molar-refractivity contribution in [1.82, 2.24) is 9.97 Å². The fourth-order valence-electron chi connectivity index (χ4n) is 4.05. The largest absolute Gasteiger partial charge is 0.305 e.